The average Bonchev–Trinajstić information content (AvgIpc) is 3.00. The van der Waals surface area contributed by atoms with Crippen molar-refractivity contribution >= 4 is 41.0 Å². The van der Waals surface area contributed by atoms with Gasteiger partial charge in [-0.1, -0.05) is 23.9 Å². The van der Waals surface area contributed by atoms with Gasteiger partial charge in [-0.15, -0.1) is 0 Å². The Hall–Kier alpha value is -3.66. The van der Waals surface area contributed by atoms with Crippen molar-refractivity contribution in [3.05, 3.63) is 59.7 Å². The molecule has 0 bridgehead atoms. The Kier molecular flexibility index (Phi) is 6.25. The molecule has 1 fully saturated rings. The smallest absolute Gasteiger partial charge is 0.312 e. The summed E-state index contributed by atoms with van der Waals surface area (Å²) in [5.41, 5.74) is 3.02. The number of nitrogens with zero attached hydrogens (tertiary/aromatic N) is 1. The van der Waals surface area contributed by atoms with Crippen LogP contribution in [0.25, 0.3) is 0 Å². The number of imide groups is 1. The lowest BCUT2D eigenvalue weighted by Crippen LogP contribution is -2.27. The third-order valence-corrected chi connectivity index (χ3v) is 4.74. The standard InChI is InChI=1S/C19H15N3O6S/c23-14-4-2-1-3-13(14)17(25)22-20-10-11-5-7-12(8-6-11)28-16(24)9-15-18(26)21-19(27)29-15/h1-8,10,15,23H,9H2,(H,22,25)(H,21,26,27)/b20-10+. The van der Waals surface area contributed by atoms with E-state index in [0.29, 0.717) is 5.56 Å². The Morgan fingerprint density at radius 3 is 2.55 bits per heavy atom. The summed E-state index contributed by atoms with van der Waals surface area (Å²) in [5, 5.41) is 14.3. The number of benzene rings is 2. The van der Waals surface area contributed by atoms with Crippen molar-refractivity contribution in [2.75, 3.05) is 0 Å². The van der Waals surface area contributed by atoms with E-state index >= 15 is 0 Å². The molecule has 1 heterocycles. The fourth-order valence-corrected chi connectivity index (χ4v) is 3.17. The molecule has 2 aromatic rings. The molecule has 10 heteroatoms. The van der Waals surface area contributed by atoms with Crippen molar-refractivity contribution in [2.45, 2.75) is 11.7 Å². The molecule has 0 aliphatic carbocycles. The van der Waals surface area contributed by atoms with E-state index in [0.717, 1.165) is 11.8 Å². The van der Waals surface area contributed by atoms with Gasteiger partial charge in [0.1, 0.15) is 16.7 Å². The second-order valence-corrected chi connectivity index (χ2v) is 7.02. The third-order valence-electron chi connectivity index (χ3n) is 3.76. The largest absolute Gasteiger partial charge is 0.507 e. The average molecular weight is 413 g/mol. The molecule has 1 atom stereocenters. The number of para-hydroxylation sites is 1. The van der Waals surface area contributed by atoms with Crippen LogP contribution in [-0.2, 0) is 9.59 Å². The lowest BCUT2D eigenvalue weighted by Gasteiger charge is -2.06. The van der Waals surface area contributed by atoms with Crippen molar-refractivity contribution in [3.63, 3.8) is 0 Å². The first-order valence-electron chi connectivity index (χ1n) is 8.36. The highest BCUT2D eigenvalue weighted by atomic mass is 32.2. The first kappa shape index (κ1) is 20.1. The number of hydrogen-bond donors (Lipinski definition) is 3. The quantitative estimate of drug-likeness (QED) is 0.284. The summed E-state index contributed by atoms with van der Waals surface area (Å²) in [6.07, 6.45) is 1.17. The Bertz CT molecular complexity index is 990. The summed E-state index contributed by atoms with van der Waals surface area (Å²) in [4.78, 5) is 46.4. The number of hydrogen-bond acceptors (Lipinski definition) is 8. The van der Waals surface area contributed by atoms with Gasteiger partial charge in [0.05, 0.1) is 18.2 Å². The van der Waals surface area contributed by atoms with Gasteiger partial charge >= 0.3 is 5.97 Å². The van der Waals surface area contributed by atoms with E-state index in [1.54, 1.807) is 24.3 Å². The van der Waals surface area contributed by atoms with Crippen LogP contribution < -0.4 is 15.5 Å². The Morgan fingerprint density at radius 2 is 1.90 bits per heavy atom. The molecule has 29 heavy (non-hydrogen) atoms. The molecule has 0 aromatic heterocycles. The minimum Gasteiger partial charge on any atom is -0.507 e. The number of esters is 1. The van der Waals surface area contributed by atoms with Crippen LogP contribution in [0.15, 0.2) is 53.6 Å². The summed E-state index contributed by atoms with van der Waals surface area (Å²) in [6, 6.07) is 12.4. The van der Waals surface area contributed by atoms with Gasteiger partial charge in [-0.25, -0.2) is 5.43 Å². The van der Waals surface area contributed by atoms with Gasteiger partial charge in [0.25, 0.3) is 11.1 Å². The minimum absolute atomic E-state index is 0.0997. The maximum atomic E-state index is 11.9. The summed E-state index contributed by atoms with van der Waals surface area (Å²) in [7, 11) is 0. The SMILES string of the molecule is O=C(CC1SC(=O)NC1=O)Oc1ccc(/C=N/NC(=O)c2ccccc2O)cc1. The number of ether oxygens (including phenoxy) is 1. The number of rotatable bonds is 6. The zero-order chi connectivity index (χ0) is 20.8. The number of hydrazone groups is 1. The van der Waals surface area contributed by atoms with E-state index in [9.17, 15) is 24.3 Å². The molecular formula is C19H15N3O6S. The number of carbonyl (C=O) groups excluding carboxylic acids is 4. The fraction of sp³-hybridized carbons (Fsp3) is 0.105. The molecule has 3 N–H and O–H groups in total. The molecule has 1 unspecified atom stereocenters. The topological polar surface area (TPSA) is 134 Å². The highest BCUT2D eigenvalue weighted by Gasteiger charge is 2.33. The molecule has 3 amide bonds. The lowest BCUT2D eigenvalue weighted by molar-refractivity contribution is -0.135. The second kappa shape index (κ2) is 9.02. The van der Waals surface area contributed by atoms with E-state index in [2.05, 4.69) is 15.8 Å². The van der Waals surface area contributed by atoms with Gasteiger partial charge in [0, 0.05) is 0 Å². The predicted molar refractivity (Wildman–Crippen MR) is 105 cm³/mol. The van der Waals surface area contributed by atoms with E-state index in [1.807, 2.05) is 0 Å². The number of thioether (sulfide) groups is 1. The molecular weight excluding hydrogens is 398 g/mol. The van der Waals surface area contributed by atoms with E-state index in [-0.39, 0.29) is 23.5 Å². The van der Waals surface area contributed by atoms with Gasteiger partial charge in [0.15, 0.2) is 0 Å². The molecule has 0 spiro atoms. The minimum atomic E-state index is -0.783. The molecule has 0 radical (unpaired) electrons. The molecule has 2 aromatic carbocycles. The van der Waals surface area contributed by atoms with Crippen molar-refractivity contribution in [2.24, 2.45) is 5.10 Å². The van der Waals surface area contributed by atoms with E-state index in [1.165, 1.54) is 30.5 Å². The van der Waals surface area contributed by atoms with Crippen LogP contribution in [0.3, 0.4) is 0 Å². The van der Waals surface area contributed by atoms with Crippen LogP contribution in [-0.4, -0.2) is 39.6 Å². The lowest BCUT2D eigenvalue weighted by atomic mass is 10.2. The number of phenolic OH excluding ortho intramolecular Hbond substituents is 1. The van der Waals surface area contributed by atoms with Crippen molar-refractivity contribution in [1.82, 2.24) is 10.7 Å². The molecule has 1 aliphatic rings. The summed E-state index contributed by atoms with van der Waals surface area (Å²) >= 11 is 0.758. The fourth-order valence-electron chi connectivity index (χ4n) is 2.37. The Labute approximate surface area is 169 Å². The van der Waals surface area contributed by atoms with Gasteiger partial charge in [-0.3, -0.25) is 24.5 Å². The van der Waals surface area contributed by atoms with Crippen molar-refractivity contribution in [3.8, 4) is 11.5 Å². The monoisotopic (exact) mass is 413 g/mol. The number of aromatic hydroxyl groups is 1. The van der Waals surface area contributed by atoms with Gasteiger partial charge in [-0.2, -0.15) is 5.10 Å². The third kappa shape index (κ3) is 5.42. The molecule has 0 saturated carbocycles. The number of carbonyl (C=O) groups is 4. The maximum absolute atomic E-state index is 11.9. The van der Waals surface area contributed by atoms with Gasteiger partial charge in [-0.05, 0) is 42.0 Å². The molecule has 9 nitrogen and oxygen atoms in total. The maximum Gasteiger partial charge on any atom is 0.312 e. The van der Waals surface area contributed by atoms with Crippen LogP contribution in [0.4, 0.5) is 4.79 Å². The summed E-state index contributed by atoms with van der Waals surface area (Å²) in [6.45, 7) is 0. The number of nitrogens with one attached hydrogen (secondary N) is 2. The van der Waals surface area contributed by atoms with Gasteiger partial charge in [0.2, 0.25) is 5.91 Å². The summed E-state index contributed by atoms with van der Waals surface area (Å²) in [5.74, 6) is -1.58. The highest BCUT2D eigenvalue weighted by Crippen LogP contribution is 2.23. The Morgan fingerprint density at radius 1 is 1.17 bits per heavy atom. The van der Waals surface area contributed by atoms with Crippen LogP contribution in [0.2, 0.25) is 0 Å². The van der Waals surface area contributed by atoms with Crippen molar-refractivity contribution < 1.29 is 29.0 Å². The van der Waals surface area contributed by atoms with E-state index in [4.69, 9.17) is 4.74 Å². The van der Waals surface area contributed by atoms with Crippen LogP contribution in [0, 0.1) is 0 Å². The number of amides is 3. The van der Waals surface area contributed by atoms with E-state index < -0.39 is 28.3 Å². The van der Waals surface area contributed by atoms with Crippen LogP contribution >= 0.6 is 11.8 Å². The van der Waals surface area contributed by atoms with Crippen LogP contribution in [0.5, 0.6) is 11.5 Å². The van der Waals surface area contributed by atoms with Gasteiger partial charge < -0.3 is 9.84 Å². The number of phenols is 1. The van der Waals surface area contributed by atoms with Crippen molar-refractivity contribution in [1.29, 1.82) is 0 Å². The molecule has 1 saturated heterocycles. The predicted octanol–water partition coefficient (Wildman–Crippen LogP) is 1.80. The first-order valence-corrected chi connectivity index (χ1v) is 9.24. The molecule has 3 rings (SSSR count). The first-order chi connectivity index (χ1) is 13.9. The van der Waals surface area contributed by atoms with Crippen LogP contribution in [0.1, 0.15) is 22.3 Å². The zero-order valence-corrected chi connectivity index (χ0v) is 15.6. The summed E-state index contributed by atoms with van der Waals surface area (Å²) < 4.78 is 5.14. The molecule has 1 aliphatic heterocycles. The zero-order valence-electron chi connectivity index (χ0n) is 14.8. The normalized spacial score (nSPS) is 15.9. The molecule has 148 valence electrons. The second-order valence-electron chi connectivity index (χ2n) is 5.85. The highest BCUT2D eigenvalue weighted by molar-refractivity contribution is 8.15. The Balaban J connectivity index is 1.51.